The quantitative estimate of drug-likeness (QED) is 0.842. The summed E-state index contributed by atoms with van der Waals surface area (Å²) < 4.78 is 13.5. The minimum Gasteiger partial charge on any atom is -0.465 e. The molecule has 0 saturated carbocycles. The molecule has 1 aliphatic heterocycles. The van der Waals surface area contributed by atoms with Crippen molar-refractivity contribution in [3.05, 3.63) is 41.1 Å². The topological polar surface area (TPSA) is 77.6 Å². The van der Waals surface area contributed by atoms with E-state index in [1.807, 2.05) is 16.9 Å². The molecule has 1 atom stereocenters. The van der Waals surface area contributed by atoms with Crippen molar-refractivity contribution in [3.63, 3.8) is 0 Å². The Morgan fingerprint density at radius 3 is 3.04 bits per heavy atom. The van der Waals surface area contributed by atoms with Crippen LogP contribution in [0, 0.1) is 6.92 Å². The van der Waals surface area contributed by atoms with Gasteiger partial charge in [-0.2, -0.15) is 5.10 Å². The van der Waals surface area contributed by atoms with Crippen LogP contribution in [0.25, 0.3) is 0 Å². The van der Waals surface area contributed by atoms with Crippen molar-refractivity contribution >= 4 is 11.7 Å². The van der Waals surface area contributed by atoms with Gasteiger partial charge in [-0.15, -0.1) is 0 Å². The Bertz CT molecular complexity index is 809. The third-order valence-electron chi connectivity index (χ3n) is 5.04. The van der Waals surface area contributed by atoms with Crippen LogP contribution in [0.2, 0.25) is 0 Å². The van der Waals surface area contributed by atoms with Gasteiger partial charge >= 0.3 is 0 Å². The molecule has 2 aliphatic rings. The van der Waals surface area contributed by atoms with Gasteiger partial charge in [0.25, 0.3) is 5.91 Å². The van der Waals surface area contributed by atoms with Crippen molar-refractivity contribution in [1.29, 1.82) is 0 Å². The van der Waals surface area contributed by atoms with Crippen LogP contribution in [-0.4, -0.2) is 52.2 Å². The van der Waals surface area contributed by atoms with Crippen molar-refractivity contribution < 1.29 is 18.7 Å². The smallest absolute Gasteiger partial charge is 0.258 e. The summed E-state index contributed by atoms with van der Waals surface area (Å²) in [4.78, 5) is 27.4. The van der Waals surface area contributed by atoms with E-state index in [9.17, 15) is 9.59 Å². The molecule has 1 fully saturated rings. The Balaban J connectivity index is 1.57. The second kappa shape index (κ2) is 7.07. The molecule has 2 aromatic rings. The Morgan fingerprint density at radius 2 is 2.23 bits per heavy atom. The average Bonchev–Trinajstić information content (AvgIpc) is 3.17. The lowest BCUT2D eigenvalue weighted by atomic mass is 9.93. The number of carbonyl (C=O) groups is 2. The first-order valence-corrected chi connectivity index (χ1v) is 9.17. The lowest BCUT2D eigenvalue weighted by molar-refractivity contribution is 0.0366. The summed E-state index contributed by atoms with van der Waals surface area (Å²) in [5.74, 6) is 1.11. The van der Waals surface area contributed by atoms with E-state index in [1.54, 1.807) is 18.0 Å². The van der Waals surface area contributed by atoms with Gasteiger partial charge in [0.15, 0.2) is 5.78 Å². The van der Waals surface area contributed by atoms with E-state index < -0.39 is 0 Å². The monoisotopic (exact) mass is 357 g/mol. The third-order valence-corrected chi connectivity index (χ3v) is 5.04. The van der Waals surface area contributed by atoms with Gasteiger partial charge in [0.05, 0.1) is 23.8 Å². The van der Waals surface area contributed by atoms with Gasteiger partial charge in [-0.25, -0.2) is 0 Å². The maximum atomic E-state index is 13.2. The summed E-state index contributed by atoms with van der Waals surface area (Å²) in [6.07, 6.45) is 6.25. The zero-order valence-electron chi connectivity index (χ0n) is 14.9. The molecule has 2 aromatic heterocycles. The fraction of sp³-hybridized carbons (Fsp3) is 0.526. The van der Waals surface area contributed by atoms with E-state index in [0.29, 0.717) is 55.3 Å². The molecule has 7 heteroatoms. The number of rotatable bonds is 3. The molecule has 1 aliphatic carbocycles. The number of aryl methyl sites for hydroxylation is 2. The minimum atomic E-state index is -0.126. The summed E-state index contributed by atoms with van der Waals surface area (Å²) in [6, 6.07) is 1.87. The van der Waals surface area contributed by atoms with E-state index in [2.05, 4.69) is 5.10 Å². The summed E-state index contributed by atoms with van der Waals surface area (Å²) >= 11 is 0. The van der Waals surface area contributed by atoms with Gasteiger partial charge in [-0.1, -0.05) is 0 Å². The number of ether oxygens (including phenoxy) is 1. The number of amides is 1. The molecular formula is C19H23N3O4. The summed E-state index contributed by atoms with van der Waals surface area (Å²) in [5, 5.41) is 4.22. The SMILES string of the molecule is Cc1oc2c(c1C(=O)N1CCCOC(Cn3cccn3)C1)C(=O)CCC2. The number of ketones is 1. The highest BCUT2D eigenvalue weighted by atomic mass is 16.5. The van der Waals surface area contributed by atoms with E-state index in [-0.39, 0.29) is 17.8 Å². The molecule has 7 nitrogen and oxygen atoms in total. The number of aromatic nitrogens is 2. The normalized spacial score (nSPS) is 20.7. The first kappa shape index (κ1) is 17.0. The molecule has 0 aromatic carbocycles. The van der Waals surface area contributed by atoms with Crippen molar-refractivity contribution in [2.75, 3.05) is 19.7 Å². The van der Waals surface area contributed by atoms with Crippen LogP contribution < -0.4 is 0 Å². The van der Waals surface area contributed by atoms with Gasteiger partial charge in [0.2, 0.25) is 0 Å². The molecule has 3 heterocycles. The number of carbonyl (C=O) groups excluding carboxylic acids is 2. The second-order valence-corrected chi connectivity index (χ2v) is 6.93. The van der Waals surface area contributed by atoms with Crippen molar-refractivity contribution in [2.24, 2.45) is 0 Å². The number of hydrogen-bond acceptors (Lipinski definition) is 5. The first-order valence-electron chi connectivity index (χ1n) is 9.17. The predicted octanol–water partition coefficient (Wildman–Crippen LogP) is 2.23. The average molecular weight is 357 g/mol. The molecule has 26 heavy (non-hydrogen) atoms. The van der Waals surface area contributed by atoms with Crippen molar-refractivity contribution in [1.82, 2.24) is 14.7 Å². The number of furan rings is 1. The standard InChI is InChI=1S/C19H23N3O4/c1-13-17(18-15(23)5-2-6-16(18)26-13)19(24)21-8-4-10-25-14(11-21)12-22-9-3-7-20-22/h3,7,9,14H,2,4-6,8,10-12H2,1H3. The number of Topliss-reactive ketones (excluding diaryl/α,β-unsaturated/α-hetero) is 1. The number of fused-ring (bicyclic) bond motifs is 1. The van der Waals surface area contributed by atoms with Crippen LogP contribution >= 0.6 is 0 Å². The molecule has 138 valence electrons. The van der Waals surface area contributed by atoms with Crippen LogP contribution in [0.15, 0.2) is 22.9 Å². The summed E-state index contributed by atoms with van der Waals surface area (Å²) in [6.45, 7) is 4.07. The molecular weight excluding hydrogens is 334 g/mol. The molecule has 0 bridgehead atoms. The fourth-order valence-electron chi connectivity index (χ4n) is 3.83. The zero-order valence-corrected chi connectivity index (χ0v) is 14.9. The zero-order chi connectivity index (χ0) is 18.1. The van der Waals surface area contributed by atoms with Crippen LogP contribution in [0.5, 0.6) is 0 Å². The second-order valence-electron chi connectivity index (χ2n) is 6.93. The lowest BCUT2D eigenvalue weighted by Crippen LogP contribution is -2.39. The number of nitrogens with zero attached hydrogens (tertiary/aromatic N) is 3. The van der Waals surface area contributed by atoms with E-state index in [4.69, 9.17) is 9.15 Å². The molecule has 0 N–H and O–H groups in total. The molecule has 1 amide bonds. The maximum Gasteiger partial charge on any atom is 0.258 e. The van der Waals surface area contributed by atoms with Crippen LogP contribution in [0.4, 0.5) is 0 Å². The molecule has 1 unspecified atom stereocenters. The Hall–Kier alpha value is -2.41. The van der Waals surface area contributed by atoms with Crippen LogP contribution in [0.3, 0.4) is 0 Å². The van der Waals surface area contributed by atoms with Gasteiger partial charge in [-0.05, 0) is 25.8 Å². The minimum absolute atomic E-state index is 0.0191. The van der Waals surface area contributed by atoms with E-state index >= 15 is 0 Å². The fourth-order valence-corrected chi connectivity index (χ4v) is 3.83. The number of hydrogen-bond donors (Lipinski definition) is 0. The van der Waals surface area contributed by atoms with Crippen molar-refractivity contribution in [3.8, 4) is 0 Å². The first-order chi connectivity index (χ1) is 12.6. The van der Waals surface area contributed by atoms with Gasteiger partial charge in [-0.3, -0.25) is 14.3 Å². The Kier molecular flexibility index (Phi) is 4.63. The predicted molar refractivity (Wildman–Crippen MR) is 93.2 cm³/mol. The lowest BCUT2D eigenvalue weighted by Gasteiger charge is -2.24. The van der Waals surface area contributed by atoms with Crippen LogP contribution in [-0.2, 0) is 17.7 Å². The highest BCUT2D eigenvalue weighted by Crippen LogP contribution is 2.30. The maximum absolute atomic E-state index is 13.2. The van der Waals surface area contributed by atoms with E-state index in [0.717, 1.165) is 19.3 Å². The highest BCUT2D eigenvalue weighted by Gasteiger charge is 2.33. The molecule has 0 radical (unpaired) electrons. The molecule has 1 saturated heterocycles. The molecule has 4 rings (SSSR count). The van der Waals surface area contributed by atoms with E-state index in [1.165, 1.54) is 0 Å². The van der Waals surface area contributed by atoms with Crippen molar-refractivity contribution in [2.45, 2.75) is 45.3 Å². The van der Waals surface area contributed by atoms with Gasteiger partial charge in [0.1, 0.15) is 11.5 Å². The largest absolute Gasteiger partial charge is 0.465 e. The third kappa shape index (κ3) is 3.19. The summed E-state index contributed by atoms with van der Waals surface area (Å²) in [5.41, 5.74) is 0.956. The Labute approximate surface area is 151 Å². The highest BCUT2D eigenvalue weighted by molar-refractivity contribution is 6.10. The summed E-state index contributed by atoms with van der Waals surface area (Å²) in [7, 11) is 0. The van der Waals surface area contributed by atoms with Gasteiger partial charge < -0.3 is 14.1 Å². The van der Waals surface area contributed by atoms with Gasteiger partial charge in [0, 0.05) is 44.9 Å². The Morgan fingerprint density at radius 1 is 1.35 bits per heavy atom. The molecule has 0 spiro atoms. The van der Waals surface area contributed by atoms with Crippen LogP contribution in [0.1, 0.15) is 51.5 Å².